The molecule has 132 valence electrons. The van der Waals surface area contributed by atoms with Crippen molar-refractivity contribution in [2.45, 2.75) is 51.0 Å². The van der Waals surface area contributed by atoms with Crippen molar-refractivity contribution in [1.29, 1.82) is 0 Å². The Bertz CT molecular complexity index is 650. The van der Waals surface area contributed by atoms with Crippen LogP contribution in [-0.4, -0.2) is 64.5 Å². The first-order valence-corrected chi connectivity index (χ1v) is 8.99. The number of aromatic nitrogens is 2. The Kier molecular flexibility index (Phi) is 3.40. The normalized spacial score (nSPS) is 33.8. The average Bonchev–Trinajstić information content (AvgIpc) is 3.28. The van der Waals surface area contributed by atoms with Crippen molar-refractivity contribution in [1.82, 2.24) is 19.6 Å². The van der Waals surface area contributed by atoms with E-state index in [1.54, 1.807) is 4.90 Å². The van der Waals surface area contributed by atoms with Crippen LogP contribution in [0.4, 0.5) is 4.79 Å². The van der Waals surface area contributed by atoms with Crippen LogP contribution in [0.15, 0.2) is 18.5 Å². The highest BCUT2D eigenvalue weighted by Gasteiger charge is 2.51. The molecule has 2 aliphatic heterocycles. The van der Waals surface area contributed by atoms with Gasteiger partial charge in [-0.3, -0.25) is 4.68 Å². The molecule has 1 aliphatic carbocycles. The minimum absolute atomic E-state index is 0.211. The zero-order valence-electron chi connectivity index (χ0n) is 17.1. The largest absolute Gasteiger partial charge is 0.450 e. The molecule has 6 heteroatoms. The number of ether oxygens (including phenoxy) is 1. The molecule has 2 saturated heterocycles. The Morgan fingerprint density at radius 3 is 2.88 bits per heavy atom. The predicted molar refractivity (Wildman–Crippen MR) is 90.7 cm³/mol. The molecule has 0 atom stereocenters. The fraction of sp³-hybridized carbons (Fsp3) is 0.778. The van der Waals surface area contributed by atoms with Gasteiger partial charge in [-0.25, -0.2) is 4.79 Å². The molecule has 1 amide bonds. The van der Waals surface area contributed by atoms with Gasteiger partial charge in [0.15, 0.2) is 0 Å². The van der Waals surface area contributed by atoms with E-state index in [1.807, 2.05) is 12.3 Å². The first kappa shape index (κ1) is 12.8. The summed E-state index contributed by atoms with van der Waals surface area (Å²) < 4.78 is 28.5. The van der Waals surface area contributed by atoms with E-state index in [9.17, 15) is 4.79 Å². The summed E-state index contributed by atoms with van der Waals surface area (Å²) in [6, 6.07) is 3.11. The first-order chi connectivity index (χ1) is 12.8. The van der Waals surface area contributed by atoms with Gasteiger partial charge in [0.1, 0.15) is 0 Å². The lowest BCUT2D eigenvalue weighted by Gasteiger charge is -2.51. The van der Waals surface area contributed by atoms with E-state index in [4.69, 9.17) is 8.85 Å². The van der Waals surface area contributed by atoms with Gasteiger partial charge in [0.05, 0.1) is 12.6 Å². The zero-order valence-corrected chi connectivity index (χ0v) is 14.1. The summed E-state index contributed by atoms with van der Waals surface area (Å²) in [7, 11) is 0. The summed E-state index contributed by atoms with van der Waals surface area (Å²) in [6.07, 6.45) is 8.94. The van der Waals surface area contributed by atoms with E-state index < -0.39 is 19.6 Å². The van der Waals surface area contributed by atoms with Crippen LogP contribution in [0.2, 0.25) is 0 Å². The number of piperidine rings is 1. The van der Waals surface area contributed by atoms with Crippen LogP contribution in [0.3, 0.4) is 0 Å². The number of carbonyl (C=O) groups excluding carboxylic acids is 1. The van der Waals surface area contributed by atoms with Gasteiger partial charge in [-0.1, -0.05) is 0 Å². The molecule has 1 aromatic rings. The number of carbonyl (C=O) groups is 1. The molecular weight excluding hydrogens is 304 g/mol. The van der Waals surface area contributed by atoms with Crippen LogP contribution in [0.5, 0.6) is 0 Å². The van der Waals surface area contributed by atoms with Gasteiger partial charge in [0.25, 0.3) is 0 Å². The van der Waals surface area contributed by atoms with Crippen LogP contribution in [-0.2, 0) is 4.74 Å². The van der Waals surface area contributed by atoms with Gasteiger partial charge >= 0.3 is 6.09 Å². The molecular formula is C18H28N4O2. The third-order valence-corrected chi connectivity index (χ3v) is 6.14. The second-order valence-electron chi connectivity index (χ2n) is 7.54. The van der Waals surface area contributed by atoms with E-state index in [2.05, 4.69) is 20.9 Å². The summed E-state index contributed by atoms with van der Waals surface area (Å²) in [4.78, 5) is 16.4. The van der Waals surface area contributed by atoms with Gasteiger partial charge in [-0.15, -0.1) is 0 Å². The summed E-state index contributed by atoms with van der Waals surface area (Å²) in [5, 5.41) is 4.37. The van der Waals surface area contributed by atoms with Crippen molar-refractivity contribution in [3.05, 3.63) is 18.5 Å². The molecule has 24 heavy (non-hydrogen) atoms. The smallest absolute Gasteiger partial charge is 0.409 e. The molecule has 4 rings (SSSR count). The number of amides is 1. The minimum atomic E-state index is -2.23. The standard InChI is InChI=1S/C18H28N4O2/c1-2-24-17(23)21-11-6-18(14-21)12-16(13-18)20-9-4-15(5-10-20)22-8-3-7-19-22/h3,7-8,15-16H,2,4-6,9-14H2,1H3/i1D3. The van der Waals surface area contributed by atoms with Crippen LogP contribution < -0.4 is 0 Å². The first-order valence-electron chi connectivity index (χ1n) is 10.5. The van der Waals surface area contributed by atoms with Crippen molar-refractivity contribution in [2.24, 2.45) is 5.41 Å². The Labute approximate surface area is 148 Å². The highest BCUT2D eigenvalue weighted by molar-refractivity contribution is 5.68. The summed E-state index contributed by atoms with van der Waals surface area (Å²) in [5.74, 6) is 0. The van der Waals surface area contributed by atoms with E-state index in [0.717, 1.165) is 45.2 Å². The second kappa shape index (κ2) is 6.39. The SMILES string of the molecule is [2H]C([2H])([2H])COC(=O)N1CCC2(CC(N3CCC(n4cccn4)CC3)C2)C1. The molecule has 1 spiro atoms. The van der Waals surface area contributed by atoms with E-state index in [1.165, 1.54) is 0 Å². The highest BCUT2D eigenvalue weighted by atomic mass is 16.6. The lowest BCUT2D eigenvalue weighted by Crippen LogP contribution is -2.54. The van der Waals surface area contributed by atoms with Gasteiger partial charge in [-0.2, -0.15) is 5.10 Å². The molecule has 3 aliphatic rings. The number of rotatable bonds is 3. The molecule has 1 saturated carbocycles. The molecule has 3 fully saturated rings. The molecule has 0 unspecified atom stereocenters. The molecule has 0 aromatic carbocycles. The topological polar surface area (TPSA) is 50.6 Å². The summed E-state index contributed by atoms with van der Waals surface area (Å²) in [5.41, 5.74) is 0.211. The fourth-order valence-corrected chi connectivity index (χ4v) is 4.79. The van der Waals surface area contributed by atoms with Gasteiger partial charge in [0, 0.05) is 48.7 Å². The van der Waals surface area contributed by atoms with Crippen LogP contribution in [0.1, 0.15) is 49.1 Å². The van der Waals surface area contributed by atoms with Gasteiger partial charge in [0.2, 0.25) is 0 Å². The van der Waals surface area contributed by atoms with Crippen molar-refractivity contribution in [3.63, 3.8) is 0 Å². The molecule has 3 heterocycles. The van der Waals surface area contributed by atoms with E-state index >= 15 is 0 Å². The lowest BCUT2D eigenvalue weighted by atomic mass is 9.64. The number of likely N-dealkylation sites (tertiary alicyclic amines) is 2. The number of nitrogens with zero attached hydrogens (tertiary/aromatic N) is 4. The predicted octanol–water partition coefficient (Wildman–Crippen LogP) is 2.53. The van der Waals surface area contributed by atoms with Gasteiger partial charge in [-0.05, 0) is 50.4 Å². The van der Waals surface area contributed by atoms with Crippen LogP contribution in [0, 0.1) is 5.41 Å². The van der Waals surface area contributed by atoms with E-state index in [-0.39, 0.29) is 5.41 Å². The number of hydrogen-bond acceptors (Lipinski definition) is 4. The average molecular weight is 335 g/mol. The summed E-state index contributed by atoms with van der Waals surface area (Å²) >= 11 is 0. The zero-order chi connectivity index (χ0) is 19.1. The quantitative estimate of drug-likeness (QED) is 0.852. The Balaban J connectivity index is 1.21. The molecule has 6 nitrogen and oxygen atoms in total. The maximum absolute atomic E-state index is 12.1. The lowest BCUT2D eigenvalue weighted by molar-refractivity contribution is -0.00898. The van der Waals surface area contributed by atoms with Crippen molar-refractivity contribution in [2.75, 3.05) is 32.8 Å². The monoisotopic (exact) mass is 335 g/mol. The number of hydrogen-bond donors (Lipinski definition) is 0. The maximum atomic E-state index is 12.1. The van der Waals surface area contributed by atoms with Gasteiger partial charge < -0.3 is 14.5 Å². The molecule has 0 bridgehead atoms. The van der Waals surface area contributed by atoms with Crippen molar-refractivity contribution in [3.8, 4) is 0 Å². The van der Waals surface area contributed by atoms with Crippen molar-refractivity contribution >= 4 is 6.09 Å². The van der Waals surface area contributed by atoms with Crippen LogP contribution in [0.25, 0.3) is 0 Å². The molecule has 0 N–H and O–H groups in total. The Morgan fingerprint density at radius 1 is 1.33 bits per heavy atom. The Morgan fingerprint density at radius 2 is 2.17 bits per heavy atom. The maximum Gasteiger partial charge on any atom is 0.409 e. The van der Waals surface area contributed by atoms with Crippen LogP contribution >= 0.6 is 0 Å². The Hall–Kier alpha value is -1.56. The van der Waals surface area contributed by atoms with Crippen molar-refractivity contribution < 1.29 is 13.6 Å². The molecule has 0 radical (unpaired) electrons. The fourth-order valence-electron chi connectivity index (χ4n) is 4.79. The van der Waals surface area contributed by atoms with E-state index in [0.29, 0.717) is 25.2 Å². The third-order valence-electron chi connectivity index (χ3n) is 6.14. The molecule has 1 aromatic heterocycles. The minimum Gasteiger partial charge on any atom is -0.450 e. The second-order valence-corrected chi connectivity index (χ2v) is 7.54. The third kappa shape index (κ3) is 2.92. The highest BCUT2D eigenvalue weighted by Crippen LogP contribution is 2.50. The summed E-state index contributed by atoms with van der Waals surface area (Å²) in [6.45, 7) is 0.853.